The van der Waals surface area contributed by atoms with Crippen LogP contribution in [0.4, 0.5) is 5.82 Å². The van der Waals surface area contributed by atoms with E-state index in [0.717, 1.165) is 11.5 Å². The highest BCUT2D eigenvalue weighted by atomic mass is 16.5. The average Bonchev–Trinajstić information content (AvgIpc) is 2.98. The third-order valence-electron chi connectivity index (χ3n) is 3.78. The number of hydrogen-bond donors (Lipinski definition) is 0. The Morgan fingerprint density at radius 2 is 2.05 bits per heavy atom. The van der Waals surface area contributed by atoms with Gasteiger partial charge in [0.25, 0.3) is 0 Å². The van der Waals surface area contributed by atoms with Crippen molar-refractivity contribution in [2.24, 2.45) is 0 Å². The molecular weight excluding hydrogens is 286 g/mol. The lowest BCUT2D eigenvalue weighted by Gasteiger charge is -2.35. The van der Waals surface area contributed by atoms with E-state index in [1.807, 2.05) is 6.92 Å². The molecule has 0 N–H and O–H groups in total. The number of ether oxygens (including phenoxy) is 1. The second-order valence-corrected chi connectivity index (χ2v) is 5.08. The number of aromatic nitrogens is 5. The number of hydrogen-bond acceptors (Lipinski definition) is 7. The van der Waals surface area contributed by atoms with Gasteiger partial charge in [-0.25, -0.2) is 14.6 Å². The van der Waals surface area contributed by atoms with Gasteiger partial charge in [-0.1, -0.05) is 5.21 Å². The van der Waals surface area contributed by atoms with Gasteiger partial charge in [0.1, 0.15) is 12.9 Å². The maximum absolute atomic E-state index is 11.8. The Hall–Kier alpha value is -2.29. The molecule has 9 heteroatoms. The summed E-state index contributed by atoms with van der Waals surface area (Å²) in [5.74, 6) is 0.801. The van der Waals surface area contributed by atoms with Crippen LogP contribution in [0.15, 0.2) is 6.33 Å². The number of amides is 1. The molecule has 3 rings (SSSR count). The number of rotatable bonds is 4. The van der Waals surface area contributed by atoms with Gasteiger partial charge in [0, 0.05) is 39.8 Å². The van der Waals surface area contributed by atoms with Crippen molar-refractivity contribution in [1.82, 2.24) is 29.9 Å². The second-order valence-electron chi connectivity index (χ2n) is 5.08. The minimum absolute atomic E-state index is 0.0203. The molecule has 0 aromatic carbocycles. The lowest BCUT2D eigenvalue weighted by molar-refractivity contribution is -0.135. The van der Waals surface area contributed by atoms with Crippen molar-refractivity contribution in [3.63, 3.8) is 0 Å². The van der Waals surface area contributed by atoms with Crippen molar-refractivity contribution in [3.05, 3.63) is 6.33 Å². The summed E-state index contributed by atoms with van der Waals surface area (Å²) < 4.78 is 6.64. The summed E-state index contributed by atoms with van der Waals surface area (Å²) in [6, 6.07) is 0. The fourth-order valence-electron chi connectivity index (χ4n) is 2.61. The molecule has 2 aromatic heterocycles. The van der Waals surface area contributed by atoms with E-state index in [-0.39, 0.29) is 12.5 Å². The van der Waals surface area contributed by atoms with E-state index in [1.165, 1.54) is 13.4 Å². The zero-order valence-corrected chi connectivity index (χ0v) is 12.8. The van der Waals surface area contributed by atoms with Crippen LogP contribution in [0, 0.1) is 0 Å². The molecule has 1 saturated heterocycles. The van der Waals surface area contributed by atoms with Crippen LogP contribution in [0.25, 0.3) is 11.2 Å². The van der Waals surface area contributed by atoms with Crippen molar-refractivity contribution in [3.8, 4) is 0 Å². The largest absolute Gasteiger partial charge is 0.375 e. The highest BCUT2D eigenvalue weighted by molar-refractivity contribution is 5.83. The van der Waals surface area contributed by atoms with E-state index in [0.29, 0.717) is 38.2 Å². The first-order chi connectivity index (χ1) is 10.7. The molecule has 118 valence electrons. The first kappa shape index (κ1) is 14.6. The summed E-state index contributed by atoms with van der Waals surface area (Å²) in [6.45, 7) is 5.55. The Balaban J connectivity index is 1.77. The standard InChI is InChI=1S/C13H19N7O2/c1-3-20-13-11(16-17-20)12(14-9-15-13)19-6-4-18(5-7-19)10(21)8-22-2/h9H,3-8H2,1-2H3. The van der Waals surface area contributed by atoms with Crippen molar-refractivity contribution < 1.29 is 9.53 Å². The van der Waals surface area contributed by atoms with Gasteiger partial charge in [-0.15, -0.1) is 5.10 Å². The van der Waals surface area contributed by atoms with E-state index < -0.39 is 0 Å². The van der Waals surface area contributed by atoms with Gasteiger partial charge in [-0.05, 0) is 6.92 Å². The van der Waals surface area contributed by atoms with Gasteiger partial charge in [0.15, 0.2) is 17.0 Å². The maximum Gasteiger partial charge on any atom is 0.248 e. The number of anilines is 1. The van der Waals surface area contributed by atoms with E-state index in [9.17, 15) is 4.79 Å². The van der Waals surface area contributed by atoms with Crippen LogP contribution in [-0.4, -0.2) is 75.7 Å². The molecule has 3 heterocycles. The zero-order valence-electron chi connectivity index (χ0n) is 12.8. The number of nitrogens with zero attached hydrogens (tertiary/aromatic N) is 7. The number of carbonyl (C=O) groups excluding carboxylic acids is 1. The molecule has 1 aliphatic rings. The van der Waals surface area contributed by atoms with Gasteiger partial charge >= 0.3 is 0 Å². The van der Waals surface area contributed by atoms with Gasteiger partial charge < -0.3 is 14.5 Å². The number of carbonyl (C=O) groups is 1. The van der Waals surface area contributed by atoms with Crippen molar-refractivity contribution >= 4 is 22.9 Å². The van der Waals surface area contributed by atoms with Crippen LogP contribution in [-0.2, 0) is 16.1 Å². The molecule has 0 saturated carbocycles. The molecule has 0 bridgehead atoms. The second kappa shape index (κ2) is 6.22. The monoisotopic (exact) mass is 305 g/mol. The lowest BCUT2D eigenvalue weighted by atomic mass is 10.3. The predicted octanol–water partition coefficient (Wildman–Crippen LogP) is -0.464. The molecule has 0 radical (unpaired) electrons. The zero-order chi connectivity index (χ0) is 15.5. The van der Waals surface area contributed by atoms with Gasteiger partial charge in [0.2, 0.25) is 5.91 Å². The summed E-state index contributed by atoms with van der Waals surface area (Å²) in [5.41, 5.74) is 1.45. The Morgan fingerprint density at radius 1 is 1.27 bits per heavy atom. The van der Waals surface area contributed by atoms with Crippen LogP contribution < -0.4 is 4.90 Å². The van der Waals surface area contributed by atoms with Crippen LogP contribution in [0.5, 0.6) is 0 Å². The van der Waals surface area contributed by atoms with Crippen molar-refractivity contribution in [1.29, 1.82) is 0 Å². The van der Waals surface area contributed by atoms with Gasteiger partial charge in [-0.3, -0.25) is 4.79 Å². The molecule has 2 aromatic rings. The molecule has 0 spiro atoms. The molecule has 22 heavy (non-hydrogen) atoms. The van der Waals surface area contributed by atoms with Crippen LogP contribution in [0.2, 0.25) is 0 Å². The predicted molar refractivity (Wildman–Crippen MR) is 79.5 cm³/mol. The molecule has 0 unspecified atom stereocenters. The maximum atomic E-state index is 11.8. The normalized spacial score (nSPS) is 15.5. The molecule has 9 nitrogen and oxygen atoms in total. The third-order valence-corrected chi connectivity index (χ3v) is 3.78. The molecule has 0 aliphatic carbocycles. The first-order valence-electron chi connectivity index (χ1n) is 7.30. The highest BCUT2D eigenvalue weighted by Crippen LogP contribution is 2.21. The average molecular weight is 305 g/mol. The topological polar surface area (TPSA) is 89.3 Å². The first-order valence-corrected chi connectivity index (χ1v) is 7.30. The smallest absolute Gasteiger partial charge is 0.248 e. The number of methoxy groups -OCH3 is 1. The Kier molecular flexibility index (Phi) is 4.14. The van der Waals surface area contributed by atoms with E-state index in [4.69, 9.17) is 4.74 Å². The summed E-state index contributed by atoms with van der Waals surface area (Å²) >= 11 is 0. The number of fused-ring (bicyclic) bond motifs is 1. The van der Waals surface area contributed by atoms with Gasteiger partial charge in [0.05, 0.1) is 0 Å². The van der Waals surface area contributed by atoms with E-state index >= 15 is 0 Å². The number of aryl methyl sites for hydroxylation is 1. The Morgan fingerprint density at radius 3 is 2.73 bits per heavy atom. The number of piperazine rings is 1. The van der Waals surface area contributed by atoms with Crippen LogP contribution in [0.1, 0.15) is 6.92 Å². The summed E-state index contributed by atoms with van der Waals surface area (Å²) in [6.07, 6.45) is 1.54. The summed E-state index contributed by atoms with van der Waals surface area (Å²) in [5, 5.41) is 8.29. The van der Waals surface area contributed by atoms with E-state index in [1.54, 1.807) is 9.58 Å². The minimum Gasteiger partial charge on any atom is -0.375 e. The summed E-state index contributed by atoms with van der Waals surface area (Å²) in [7, 11) is 1.53. The molecule has 1 aliphatic heterocycles. The van der Waals surface area contributed by atoms with Crippen molar-refractivity contribution in [2.75, 3.05) is 44.8 Å². The lowest BCUT2D eigenvalue weighted by Crippen LogP contribution is -2.50. The summed E-state index contributed by atoms with van der Waals surface area (Å²) in [4.78, 5) is 24.4. The fraction of sp³-hybridized carbons (Fsp3) is 0.615. The molecule has 1 amide bonds. The fourth-order valence-corrected chi connectivity index (χ4v) is 2.61. The highest BCUT2D eigenvalue weighted by Gasteiger charge is 2.24. The van der Waals surface area contributed by atoms with Gasteiger partial charge in [-0.2, -0.15) is 0 Å². The van der Waals surface area contributed by atoms with Crippen molar-refractivity contribution in [2.45, 2.75) is 13.5 Å². The van der Waals surface area contributed by atoms with E-state index in [2.05, 4.69) is 25.2 Å². The quantitative estimate of drug-likeness (QED) is 0.755. The Labute approximate surface area is 127 Å². The van der Waals surface area contributed by atoms with Crippen LogP contribution >= 0.6 is 0 Å². The SMILES string of the molecule is CCn1nnc2c(N3CCN(C(=O)COC)CC3)ncnc21. The molecule has 1 fully saturated rings. The third kappa shape index (κ3) is 2.59. The van der Waals surface area contributed by atoms with Crippen LogP contribution in [0.3, 0.4) is 0 Å². The Bertz CT molecular complexity index is 663. The molecule has 0 atom stereocenters. The molecular formula is C13H19N7O2. The minimum atomic E-state index is 0.0203.